The van der Waals surface area contributed by atoms with Crippen LogP contribution in [0.3, 0.4) is 0 Å². The molecule has 0 spiro atoms. The summed E-state index contributed by atoms with van der Waals surface area (Å²) in [4.78, 5) is 10.7. The number of hydrogen-bond acceptors (Lipinski definition) is 6. The van der Waals surface area contributed by atoms with Gasteiger partial charge in [-0.25, -0.2) is 0 Å². The second-order valence-corrected chi connectivity index (χ2v) is 6.15. The van der Waals surface area contributed by atoms with E-state index in [4.69, 9.17) is 5.73 Å². The maximum atomic E-state index is 11.1. The Morgan fingerprint density at radius 2 is 2.24 bits per heavy atom. The predicted octanol–water partition coefficient (Wildman–Crippen LogP) is 2.51. The first-order chi connectivity index (χ1) is 10.0. The highest BCUT2D eigenvalue weighted by Gasteiger charge is 2.16. The maximum Gasteiger partial charge on any atom is 0.274 e. The fraction of sp³-hybridized carbons (Fsp3) is 0.333. The van der Waals surface area contributed by atoms with E-state index in [0.717, 1.165) is 11.0 Å². The van der Waals surface area contributed by atoms with Crippen LogP contribution in [0, 0.1) is 17.0 Å². The Kier molecular flexibility index (Phi) is 5.32. The fourth-order valence-corrected chi connectivity index (χ4v) is 3.18. The molecule has 2 N–H and O–H groups in total. The van der Waals surface area contributed by atoms with E-state index in [1.807, 2.05) is 11.5 Å². The first-order valence-electron chi connectivity index (χ1n) is 6.18. The average Bonchev–Trinajstić information content (AvgIpc) is 2.79. The number of thioether (sulfide) groups is 1. The van der Waals surface area contributed by atoms with Crippen LogP contribution in [0.1, 0.15) is 11.4 Å². The molecule has 0 bridgehead atoms. The van der Waals surface area contributed by atoms with E-state index in [-0.39, 0.29) is 10.6 Å². The number of nitro benzene ring substituents is 1. The van der Waals surface area contributed by atoms with E-state index in [9.17, 15) is 10.1 Å². The number of aromatic nitrogens is 3. The number of rotatable bonds is 6. The van der Waals surface area contributed by atoms with Crippen molar-refractivity contribution in [3.05, 3.63) is 44.2 Å². The van der Waals surface area contributed by atoms with Crippen molar-refractivity contribution < 1.29 is 4.92 Å². The van der Waals surface area contributed by atoms with Crippen molar-refractivity contribution in [1.29, 1.82) is 0 Å². The number of halogens is 1. The van der Waals surface area contributed by atoms with E-state index in [1.165, 1.54) is 17.8 Å². The Balaban J connectivity index is 2.19. The summed E-state index contributed by atoms with van der Waals surface area (Å²) in [6.07, 6.45) is 0. The third-order valence-electron chi connectivity index (χ3n) is 2.86. The van der Waals surface area contributed by atoms with Crippen molar-refractivity contribution in [2.24, 2.45) is 5.73 Å². The van der Waals surface area contributed by atoms with Gasteiger partial charge in [0.1, 0.15) is 5.82 Å². The van der Waals surface area contributed by atoms with Gasteiger partial charge in [-0.1, -0.05) is 33.8 Å². The van der Waals surface area contributed by atoms with Crippen LogP contribution in [0.4, 0.5) is 5.69 Å². The molecule has 0 amide bonds. The summed E-state index contributed by atoms with van der Waals surface area (Å²) in [6.45, 7) is 2.98. The highest BCUT2D eigenvalue weighted by molar-refractivity contribution is 9.10. The summed E-state index contributed by atoms with van der Waals surface area (Å²) in [5.41, 5.74) is 6.31. The maximum absolute atomic E-state index is 11.1. The van der Waals surface area contributed by atoms with Gasteiger partial charge < -0.3 is 10.3 Å². The van der Waals surface area contributed by atoms with Crippen molar-refractivity contribution in [3.63, 3.8) is 0 Å². The van der Waals surface area contributed by atoms with E-state index in [2.05, 4.69) is 26.1 Å². The van der Waals surface area contributed by atoms with Gasteiger partial charge in [-0.15, -0.1) is 10.2 Å². The zero-order valence-electron chi connectivity index (χ0n) is 11.3. The second kappa shape index (κ2) is 7.01. The standard InChI is InChI=1S/C12H14BrN5O2S/c1-8-15-16-12(17(8)5-4-14)21-7-9-2-3-10(13)6-11(9)18(19)20/h2-3,6H,4-5,7,14H2,1H3. The third kappa shape index (κ3) is 3.80. The van der Waals surface area contributed by atoms with Gasteiger partial charge >= 0.3 is 0 Å². The lowest BCUT2D eigenvalue weighted by molar-refractivity contribution is -0.385. The highest BCUT2D eigenvalue weighted by Crippen LogP contribution is 2.29. The molecule has 0 aliphatic heterocycles. The quantitative estimate of drug-likeness (QED) is 0.475. The molecule has 0 saturated heterocycles. The monoisotopic (exact) mass is 371 g/mol. The van der Waals surface area contributed by atoms with Crippen LogP contribution < -0.4 is 5.73 Å². The van der Waals surface area contributed by atoms with Crippen molar-refractivity contribution in [2.75, 3.05) is 6.54 Å². The molecule has 7 nitrogen and oxygen atoms in total. The van der Waals surface area contributed by atoms with Gasteiger partial charge in [0, 0.05) is 34.9 Å². The van der Waals surface area contributed by atoms with Gasteiger partial charge in [0.15, 0.2) is 5.16 Å². The lowest BCUT2D eigenvalue weighted by atomic mass is 10.2. The Hall–Kier alpha value is -1.45. The van der Waals surface area contributed by atoms with Crippen molar-refractivity contribution >= 4 is 33.4 Å². The van der Waals surface area contributed by atoms with Crippen LogP contribution in [0.25, 0.3) is 0 Å². The zero-order valence-corrected chi connectivity index (χ0v) is 13.7. The van der Waals surface area contributed by atoms with Gasteiger partial charge in [-0.2, -0.15) is 0 Å². The molecule has 2 aromatic rings. The molecule has 0 saturated carbocycles. The van der Waals surface area contributed by atoms with Crippen LogP contribution in [-0.2, 0) is 12.3 Å². The van der Waals surface area contributed by atoms with Gasteiger partial charge in [-0.05, 0) is 13.0 Å². The van der Waals surface area contributed by atoms with Crippen LogP contribution in [0.2, 0.25) is 0 Å². The average molecular weight is 372 g/mol. The minimum Gasteiger partial charge on any atom is -0.329 e. The molecular weight excluding hydrogens is 358 g/mol. The predicted molar refractivity (Wildman–Crippen MR) is 84.2 cm³/mol. The molecule has 1 aromatic heterocycles. The lowest BCUT2D eigenvalue weighted by Gasteiger charge is -2.07. The van der Waals surface area contributed by atoms with E-state index in [0.29, 0.717) is 28.9 Å². The molecule has 0 fully saturated rings. The summed E-state index contributed by atoms with van der Waals surface area (Å²) >= 11 is 4.66. The number of hydrogen-bond donors (Lipinski definition) is 1. The summed E-state index contributed by atoms with van der Waals surface area (Å²) in [6, 6.07) is 5.04. The topological polar surface area (TPSA) is 99.9 Å². The van der Waals surface area contributed by atoms with Crippen LogP contribution >= 0.6 is 27.7 Å². The largest absolute Gasteiger partial charge is 0.329 e. The Labute approximate surface area is 134 Å². The number of nitrogens with zero attached hydrogens (tertiary/aromatic N) is 4. The van der Waals surface area contributed by atoms with E-state index >= 15 is 0 Å². The number of nitro groups is 1. The van der Waals surface area contributed by atoms with Crippen molar-refractivity contribution in [2.45, 2.75) is 24.4 Å². The molecule has 0 radical (unpaired) electrons. The molecule has 1 aromatic carbocycles. The molecular formula is C12H14BrN5O2S. The van der Waals surface area contributed by atoms with Gasteiger partial charge in [0.25, 0.3) is 5.69 Å². The highest BCUT2D eigenvalue weighted by atomic mass is 79.9. The normalized spacial score (nSPS) is 10.8. The Morgan fingerprint density at radius 1 is 1.48 bits per heavy atom. The zero-order chi connectivity index (χ0) is 15.4. The summed E-state index contributed by atoms with van der Waals surface area (Å²) in [5, 5.41) is 19.9. The first-order valence-corrected chi connectivity index (χ1v) is 7.96. The third-order valence-corrected chi connectivity index (χ3v) is 4.36. The molecule has 0 aliphatic carbocycles. The van der Waals surface area contributed by atoms with Gasteiger partial charge in [-0.3, -0.25) is 10.1 Å². The molecule has 0 atom stereocenters. The Bertz CT molecular complexity index is 661. The van der Waals surface area contributed by atoms with Crippen molar-refractivity contribution in [1.82, 2.24) is 14.8 Å². The fourth-order valence-electron chi connectivity index (χ4n) is 1.83. The Morgan fingerprint density at radius 3 is 2.90 bits per heavy atom. The van der Waals surface area contributed by atoms with Crippen LogP contribution in [-0.4, -0.2) is 26.2 Å². The number of benzene rings is 1. The minimum atomic E-state index is -0.378. The van der Waals surface area contributed by atoms with Crippen LogP contribution in [0.5, 0.6) is 0 Å². The molecule has 1 heterocycles. The lowest BCUT2D eigenvalue weighted by Crippen LogP contribution is -2.12. The molecule has 2 rings (SSSR count). The smallest absolute Gasteiger partial charge is 0.274 e. The molecule has 9 heteroatoms. The molecule has 0 aliphatic rings. The SMILES string of the molecule is Cc1nnc(SCc2ccc(Br)cc2[N+](=O)[O-])n1CCN. The number of aryl methyl sites for hydroxylation is 1. The van der Waals surface area contributed by atoms with E-state index < -0.39 is 0 Å². The summed E-state index contributed by atoms with van der Waals surface area (Å²) < 4.78 is 2.60. The first kappa shape index (κ1) is 15.9. The summed E-state index contributed by atoms with van der Waals surface area (Å²) in [7, 11) is 0. The molecule has 0 unspecified atom stereocenters. The van der Waals surface area contributed by atoms with Crippen molar-refractivity contribution in [3.8, 4) is 0 Å². The summed E-state index contributed by atoms with van der Waals surface area (Å²) in [5.74, 6) is 1.24. The van der Waals surface area contributed by atoms with Gasteiger partial charge in [0.05, 0.1) is 4.92 Å². The van der Waals surface area contributed by atoms with Gasteiger partial charge in [0.2, 0.25) is 0 Å². The molecule has 112 valence electrons. The molecule has 21 heavy (non-hydrogen) atoms. The van der Waals surface area contributed by atoms with Crippen LogP contribution in [0.15, 0.2) is 27.8 Å². The minimum absolute atomic E-state index is 0.0958. The number of nitrogens with two attached hydrogens (primary N) is 1. The second-order valence-electron chi connectivity index (χ2n) is 4.29. The van der Waals surface area contributed by atoms with E-state index in [1.54, 1.807) is 12.1 Å².